The van der Waals surface area contributed by atoms with Crippen LogP contribution in [0.1, 0.15) is 52.9 Å². The molecule has 1 N–H and O–H groups in total. The first kappa shape index (κ1) is 14.9. The third-order valence-electron chi connectivity index (χ3n) is 2.72. The van der Waals surface area contributed by atoms with Crippen molar-refractivity contribution in [2.75, 3.05) is 0 Å². The Hall–Kier alpha value is -1.12. The highest BCUT2D eigenvalue weighted by atomic mass is 16.4. The molecule has 0 spiro atoms. The van der Waals surface area contributed by atoms with Crippen molar-refractivity contribution in [2.24, 2.45) is 5.92 Å². The zero-order chi connectivity index (χ0) is 12.6. The first-order valence-corrected chi connectivity index (χ1v) is 6.00. The normalized spacial score (nSPS) is 13.6. The molecular formula is C13H22O3. The van der Waals surface area contributed by atoms with Crippen LogP contribution in [0, 0.1) is 5.92 Å². The predicted octanol–water partition coefficient (Wildman–Crippen LogP) is 3.19. The summed E-state index contributed by atoms with van der Waals surface area (Å²) in [6.07, 6.45) is 6.04. The minimum Gasteiger partial charge on any atom is -0.478 e. The lowest BCUT2D eigenvalue weighted by Gasteiger charge is -2.10. The Morgan fingerprint density at radius 2 is 1.88 bits per heavy atom. The molecule has 0 bridgehead atoms. The van der Waals surface area contributed by atoms with E-state index in [2.05, 4.69) is 6.92 Å². The van der Waals surface area contributed by atoms with E-state index in [1.165, 1.54) is 0 Å². The molecule has 0 aliphatic carbocycles. The van der Waals surface area contributed by atoms with Gasteiger partial charge in [-0.15, -0.1) is 0 Å². The van der Waals surface area contributed by atoms with E-state index in [0.29, 0.717) is 6.42 Å². The molecule has 3 nitrogen and oxygen atoms in total. The van der Waals surface area contributed by atoms with Gasteiger partial charge in [0.1, 0.15) is 5.78 Å². The van der Waals surface area contributed by atoms with Gasteiger partial charge >= 0.3 is 5.97 Å². The second kappa shape index (κ2) is 8.08. The van der Waals surface area contributed by atoms with E-state index in [0.717, 1.165) is 25.7 Å². The fourth-order valence-corrected chi connectivity index (χ4v) is 1.58. The molecule has 0 aromatic carbocycles. The van der Waals surface area contributed by atoms with Gasteiger partial charge in [0, 0.05) is 17.9 Å². The third-order valence-corrected chi connectivity index (χ3v) is 2.72. The number of Topliss-reactive ketones (excluding diaryl/α,β-unsaturated/α-hetero) is 1. The maximum atomic E-state index is 11.4. The standard InChI is InChI=1S/C13H22O3/c1-4-6-7-8-9-11(13(15)16)10(3)12(14)5-2/h9-10H,4-8H2,1-3H3,(H,15,16)/t10-/m1/s1. The van der Waals surface area contributed by atoms with Gasteiger partial charge in [0.25, 0.3) is 0 Å². The summed E-state index contributed by atoms with van der Waals surface area (Å²) in [5, 5.41) is 9.02. The molecule has 0 aliphatic rings. The number of hydrogen-bond acceptors (Lipinski definition) is 2. The largest absolute Gasteiger partial charge is 0.478 e. The number of carbonyl (C=O) groups is 2. The van der Waals surface area contributed by atoms with Crippen LogP contribution in [0.2, 0.25) is 0 Å². The SMILES string of the molecule is CCCCCC=C(C(=O)O)[C@@H](C)C(=O)CC. The van der Waals surface area contributed by atoms with Gasteiger partial charge in [0.15, 0.2) is 0 Å². The quantitative estimate of drug-likeness (QED) is 0.511. The minimum atomic E-state index is -0.967. The van der Waals surface area contributed by atoms with Crippen molar-refractivity contribution >= 4 is 11.8 Å². The lowest BCUT2D eigenvalue weighted by Crippen LogP contribution is -2.18. The molecule has 92 valence electrons. The molecule has 0 heterocycles. The molecule has 0 amide bonds. The maximum absolute atomic E-state index is 11.4. The fraction of sp³-hybridized carbons (Fsp3) is 0.692. The fourth-order valence-electron chi connectivity index (χ4n) is 1.58. The number of hydrogen-bond donors (Lipinski definition) is 1. The highest BCUT2D eigenvalue weighted by Gasteiger charge is 2.20. The van der Waals surface area contributed by atoms with E-state index >= 15 is 0 Å². The smallest absolute Gasteiger partial charge is 0.331 e. The van der Waals surface area contributed by atoms with Crippen molar-refractivity contribution in [2.45, 2.75) is 52.9 Å². The van der Waals surface area contributed by atoms with Crippen LogP contribution >= 0.6 is 0 Å². The number of allylic oxidation sites excluding steroid dienone is 1. The van der Waals surface area contributed by atoms with Crippen LogP contribution in [0.4, 0.5) is 0 Å². The molecule has 16 heavy (non-hydrogen) atoms. The first-order valence-electron chi connectivity index (χ1n) is 6.00. The molecule has 0 saturated heterocycles. The summed E-state index contributed by atoms with van der Waals surface area (Å²) in [6, 6.07) is 0. The molecule has 0 saturated carbocycles. The van der Waals surface area contributed by atoms with Crippen LogP contribution in [0.15, 0.2) is 11.6 Å². The number of carboxylic acids is 1. The average molecular weight is 226 g/mol. The monoisotopic (exact) mass is 226 g/mol. The van der Waals surface area contributed by atoms with Crippen molar-refractivity contribution in [3.05, 3.63) is 11.6 Å². The summed E-state index contributed by atoms with van der Waals surface area (Å²) in [4.78, 5) is 22.4. The Kier molecular flexibility index (Phi) is 7.52. The van der Waals surface area contributed by atoms with Gasteiger partial charge in [-0.25, -0.2) is 4.79 Å². The van der Waals surface area contributed by atoms with E-state index in [-0.39, 0.29) is 11.4 Å². The Morgan fingerprint density at radius 1 is 1.25 bits per heavy atom. The van der Waals surface area contributed by atoms with E-state index < -0.39 is 11.9 Å². The van der Waals surface area contributed by atoms with Crippen LogP contribution in [0.3, 0.4) is 0 Å². The van der Waals surface area contributed by atoms with Crippen LogP contribution < -0.4 is 0 Å². The van der Waals surface area contributed by atoms with Gasteiger partial charge in [-0.2, -0.15) is 0 Å². The number of carboxylic acid groups (broad SMARTS) is 1. The van der Waals surface area contributed by atoms with Gasteiger partial charge in [-0.3, -0.25) is 4.79 Å². The number of unbranched alkanes of at least 4 members (excludes halogenated alkanes) is 3. The van der Waals surface area contributed by atoms with Crippen molar-refractivity contribution < 1.29 is 14.7 Å². The molecule has 0 aromatic heterocycles. The van der Waals surface area contributed by atoms with Crippen LogP contribution in [-0.2, 0) is 9.59 Å². The lowest BCUT2D eigenvalue weighted by atomic mass is 9.94. The van der Waals surface area contributed by atoms with Crippen molar-refractivity contribution in [3.8, 4) is 0 Å². The molecule has 3 heteroatoms. The van der Waals surface area contributed by atoms with Crippen LogP contribution in [0.5, 0.6) is 0 Å². The molecule has 1 atom stereocenters. The van der Waals surface area contributed by atoms with Gasteiger partial charge in [-0.1, -0.05) is 39.7 Å². The van der Waals surface area contributed by atoms with Crippen molar-refractivity contribution in [1.82, 2.24) is 0 Å². The first-order chi connectivity index (χ1) is 7.54. The topological polar surface area (TPSA) is 54.4 Å². The van der Waals surface area contributed by atoms with Crippen LogP contribution in [-0.4, -0.2) is 16.9 Å². The van der Waals surface area contributed by atoms with Gasteiger partial charge in [0.2, 0.25) is 0 Å². The Morgan fingerprint density at radius 3 is 2.31 bits per heavy atom. The second-order valence-corrected chi connectivity index (χ2v) is 4.00. The van der Waals surface area contributed by atoms with Gasteiger partial charge < -0.3 is 5.11 Å². The highest BCUT2D eigenvalue weighted by molar-refractivity contribution is 5.96. The molecule has 0 rings (SSSR count). The Labute approximate surface area is 97.5 Å². The lowest BCUT2D eigenvalue weighted by molar-refractivity contribution is -0.135. The van der Waals surface area contributed by atoms with E-state index in [1.54, 1.807) is 19.9 Å². The third kappa shape index (κ3) is 5.10. The van der Waals surface area contributed by atoms with Crippen molar-refractivity contribution in [1.29, 1.82) is 0 Å². The number of ketones is 1. The molecule has 0 radical (unpaired) electrons. The molecule has 0 unspecified atom stereocenters. The number of aliphatic carboxylic acids is 1. The second-order valence-electron chi connectivity index (χ2n) is 4.00. The summed E-state index contributed by atoms with van der Waals surface area (Å²) in [5.74, 6) is -1.46. The highest BCUT2D eigenvalue weighted by Crippen LogP contribution is 2.15. The van der Waals surface area contributed by atoms with E-state index in [4.69, 9.17) is 5.11 Å². The Bertz CT molecular complexity index is 266. The summed E-state index contributed by atoms with van der Waals surface area (Å²) in [6.45, 7) is 5.53. The van der Waals surface area contributed by atoms with E-state index in [9.17, 15) is 9.59 Å². The number of rotatable bonds is 8. The van der Waals surface area contributed by atoms with Crippen molar-refractivity contribution in [3.63, 3.8) is 0 Å². The minimum absolute atomic E-state index is 0.0101. The average Bonchev–Trinajstić information content (AvgIpc) is 2.26. The van der Waals surface area contributed by atoms with Gasteiger partial charge in [-0.05, 0) is 12.8 Å². The zero-order valence-electron chi connectivity index (χ0n) is 10.5. The molecule has 0 fully saturated rings. The molecular weight excluding hydrogens is 204 g/mol. The Balaban J connectivity index is 4.48. The maximum Gasteiger partial charge on any atom is 0.331 e. The zero-order valence-corrected chi connectivity index (χ0v) is 10.5. The summed E-state index contributed by atoms with van der Waals surface area (Å²) < 4.78 is 0. The predicted molar refractivity (Wildman–Crippen MR) is 64.3 cm³/mol. The van der Waals surface area contributed by atoms with Crippen LogP contribution in [0.25, 0.3) is 0 Å². The molecule has 0 aromatic rings. The summed E-state index contributed by atoms with van der Waals surface area (Å²) in [7, 11) is 0. The summed E-state index contributed by atoms with van der Waals surface area (Å²) in [5.41, 5.74) is 0.253. The number of carbonyl (C=O) groups excluding carboxylic acids is 1. The van der Waals surface area contributed by atoms with Gasteiger partial charge in [0.05, 0.1) is 0 Å². The summed E-state index contributed by atoms with van der Waals surface area (Å²) >= 11 is 0. The molecule has 0 aliphatic heterocycles. The van der Waals surface area contributed by atoms with E-state index in [1.807, 2.05) is 0 Å².